The molecule has 0 fully saturated rings. The van der Waals surface area contributed by atoms with Crippen LogP contribution in [0, 0.1) is 0 Å². The fraction of sp³-hybridized carbons (Fsp3) is 0.830. The number of hydrogen-bond acceptors (Lipinski definition) is 6. The first-order valence-corrected chi connectivity index (χ1v) is 24.8. The molecule has 56 heavy (non-hydrogen) atoms. The highest BCUT2D eigenvalue weighted by atomic mass is 31.2. The standard InChI is InChI=1S/C47H87O8P/c1-3-5-7-9-11-13-15-17-19-21-22-23-24-26-28-30-32-34-36-38-40-42-47(49)55-45(44-54-56(50,51)52)43-53-46(48)41-39-37-35-33-31-29-27-25-20-18-16-14-12-10-8-6-4-2/h12,14,17-20,45H,3-11,13,15-16,21-44H2,1-2H3,(H2,50,51,52)/b14-12+,19-17+,20-18+/t45-/m1/s1. The highest BCUT2D eigenvalue weighted by molar-refractivity contribution is 7.46. The van der Waals surface area contributed by atoms with Gasteiger partial charge in [0.05, 0.1) is 6.61 Å². The number of carbonyl (C=O) groups excluding carboxylic acids is 2. The molecule has 0 unspecified atom stereocenters. The first kappa shape index (κ1) is 54.3. The molecule has 1 atom stereocenters. The lowest BCUT2D eigenvalue weighted by Gasteiger charge is -2.18. The average Bonchev–Trinajstić information content (AvgIpc) is 3.17. The van der Waals surface area contributed by atoms with E-state index in [4.69, 9.17) is 19.3 Å². The highest BCUT2D eigenvalue weighted by Gasteiger charge is 2.23. The molecule has 2 N–H and O–H groups in total. The Balaban J connectivity index is 3.86. The maximum absolute atomic E-state index is 12.4. The number of carbonyl (C=O) groups is 2. The molecule has 0 aromatic rings. The molecule has 0 radical (unpaired) electrons. The lowest BCUT2D eigenvalue weighted by atomic mass is 10.0. The average molecular weight is 811 g/mol. The first-order chi connectivity index (χ1) is 27.3. The van der Waals surface area contributed by atoms with E-state index in [2.05, 4.69) is 54.8 Å². The summed E-state index contributed by atoms with van der Waals surface area (Å²) in [7, 11) is -4.76. The highest BCUT2D eigenvalue weighted by Crippen LogP contribution is 2.36. The molecule has 0 saturated carbocycles. The van der Waals surface area contributed by atoms with Crippen LogP contribution in [0.5, 0.6) is 0 Å². The van der Waals surface area contributed by atoms with E-state index in [1.54, 1.807) is 0 Å². The van der Waals surface area contributed by atoms with Gasteiger partial charge in [0, 0.05) is 12.8 Å². The zero-order valence-corrected chi connectivity index (χ0v) is 37.2. The minimum absolute atomic E-state index is 0.210. The Morgan fingerprint density at radius 3 is 1.23 bits per heavy atom. The van der Waals surface area contributed by atoms with Crippen LogP contribution in [-0.2, 0) is 28.2 Å². The van der Waals surface area contributed by atoms with E-state index in [-0.39, 0.29) is 19.4 Å². The number of allylic oxidation sites excluding steroid dienone is 6. The van der Waals surface area contributed by atoms with E-state index in [1.807, 2.05) is 0 Å². The summed E-state index contributed by atoms with van der Waals surface area (Å²) < 4.78 is 26.5. The van der Waals surface area contributed by atoms with Gasteiger partial charge in [0.15, 0.2) is 6.10 Å². The molecule has 9 heteroatoms. The van der Waals surface area contributed by atoms with Gasteiger partial charge in [0.25, 0.3) is 0 Å². The van der Waals surface area contributed by atoms with Gasteiger partial charge >= 0.3 is 19.8 Å². The van der Waals surface area contributed by atoms with Gasteiger partial charge < -0.3 is 19.3 Å². The number of phosphoric acid groups is 1. The lowest BCUT2D eigenvalue weighted by Crippen LogP contribution is -2.29. The first-order valence-electron chi connectivity index (χ1n) is 23.3. The van der Waals surface area contributed by atoms with Crippen molar-refractivity contribution in [3.05, 3.63) is 36.5 Å². The normalized spacial score (nSPS) is 12.7. The van der Waals surface area contributed by atoms with E-state index in [9.17, 15) is 14.2 Å². The van der Waals surface area contributed by atoms with Crippen molar-refractivity contribution < 1.29 is 37.9 Å². The molecule has 0 aromatic heterocycles. The van der Waals surface area contributed by atoms with Gasteiger partial charge in [-0.3, -0.25) is 14.1 Å². The van der Waals surface area contributed by atoms with Crippen molar-refractivity contribution in [1.29, 1.82) is 0 Å². The van der Waals surface area contributed by atoms with Gasteiger partial charge in [-0.15, -0.1) is 0 Å². The molecule has 8 nitrogen and oxygen atoms in total. The Kier molecular flexibility index (Phi) is 41.5. The Bertz CT molecular complexity index is 1000. The fourth-order valence-corrected chi connectivity index (χ4v) is 6.99. The maximum Gasteiger partial charge on any atom is 0.469 e. The van der Waals surface area contributed by atoms with E-state index < -0.39 is 32.5 Å². The molecule has 0 aliphatic rings. The van der Waals surface area contributed by atoms with Crippen LogP contribution in [0.25, 0.3) is 0 Å². The zero-order chi connectivity index (χ0) is 41.1. The van der Waals surface area contributed by atoms with Gasteiger partial charge in [-0.1, -0.05) is 185 Å². The monoisotopic (exact) mass is 811 g/mol. The third-order valence-corrected chi connectivity index (χ3v) is 10.6. The minimum atomic E-state index is -4.76. The second kappa shape index (κ2) is 42.9. The molecule has 0 aliphatic carbocycles. The van der Waals surface area contributed by atoms with Crippen molar-refractivity contribution in [2.45, 2.75) is 238 Å². The fourth-order valence-electron chi connectivity index (χ4n) is 6.63. The Morgan fingerprint density at radius 2 is 0.804 bits per heavy atom. The molecule has 0 saturated heterocycles. The molecule has 328 valence electrons. The molecule has 0 rings (SSSR count). The summed E-state index contributed by atoms with van der Waals surface area (Å²) in [6, 6.07) is 0. The number of hydrogen-bond donors (Lipinski definition) is 2. The second-order valence-electron chi connectivity index (χ2n) is 15.7. The van der Waals surface area contributed by atoms with E-state index in [0.29, 0.717) is 12.8 Å². The number of rotatable bonds is 43. The topological polar surface area (TPSA) is 119 Å². The van der Waals surface area contributed by atoms with Gasteiger partial charge in [0.2, 0.25) is 0 Å². The van der Waals surface area contributed by atoms with Crippen molar-refractivity contribution in [2.75, 3.05) is 13.2 Å². The molecule has 0 amide bonds. The maximum atomic E-state index is 12.4. The van der Waals surface area contributed by atoms with Crippen molar-refractivity contribution in [3.8, 4) is 0 Å². The summed E-state index contributed by atoms with van der Waals surface area (Å²) in [5.74, 6) is -0.887. The Labute approximate surface area is 344 Å². The Morgan fingerprint density at radius 1 is 0.464 bits per heavy atom. The number of unbranched alkanes of at least 4 members (excludes halogenated alkanes) is 27. The third-order valence-electron chi connectivity index (χ3n) is 10.1. The lowest BCUT2D eigenvalue weighted by molar-refractivity contribution is -0.161. The number of phosphoric ester groups is 1. The van der Waals surface area contributed by atoms with Crippen molar-refractivity contribution in [3.63, 3.8) is 0 Å². The molecule has 0 spiro atoms. The number of ether oxygens (including phenoxy) is 2. The van der Waals surface area contributed by atoms with Crippen LogP contribution in [0.4, 0.5) is 0 Å². The van der Waals surface area contributed by atoms with Gasteiger partial charge in [-0.2, -0.15) is 0 Å². The molecular weight excluding hydrogens is 723 g/mol. The summed E-state index contributed by atoms with van der Waals surface area (Å²) in [4.78, 5) is 43.0. The zero-order valence-electron chi connectivity index (χ0n) is 36.3. The predicted octanol–water partition coefficient (Wildman–Crippen LogP) is 14.5. The number of esters is 2. The van der Waals surface area contributed by atoms with Crippen LogP contribution in [0.15, 0.2) is 36.5 Å². The largest absolute Gasteiger partial charge is 0.469 e. The molecular formula is C47H87O8P. The van der Waals surface area contributed by atoms with Crippen LogP contribution in [0.3, 0.4) is 0 Å². The van der Waals surface area contributed by atoms with E-state index in [1.165, 1.54) is 141 Å². The molecule has 0 heterocycles. The summed E-state index contributed by atoms with van der Waals surface area (Å²) in [6.45, 7) is 3.67. The quantitative estimate of drug-likeness (QED) is 0.0270. The van der Waals surface area contributed by atoms with Crippen molar-refractivity contribution in [2.24, 2.45) is 0 Å². The predicted molar refractivity (Wildman–Crippen MR) is 235 cm³/mol. The van der Waals surface area contributed by atoms with Crippen LogP contribution < -0.4 is 0 Å². The summed E-state index contributed by atoms with van der Waals surface area (Å²) in [5.41, 5.74) is 0. The van der Waals surface area contributed by atoms with Crippen molar-refractivity contribution in [1.82, 2.24) is 0 Å². The van der Waals surface area contributed by atoms with Crippen LogP contribution in [0.2, 0.25) is 0 Å². The van der Waals surface area contributed by atoms with Crippen LogP contribution in [0.1, 0.15) is 232 Å². The molecule has 0 aliphatic heterocycles. The van der Waals surface area contributed by atoms with E-state index in [0.717, 1.165) is 51.4 Å². The van der Waals surface area contributed by atoms with E-state index >= 15 is 0 Å². The Hall–Kier alpha value is -1.73. The van der Waals surface area contributed by atoms with Gasteiger partial charge in [-0.25, -0.2) is 4.57 Å². The minimum Gasteiger partial charge on any atom is -0.462 e. The summed E-state index contributed by atoms with van der Waals surface area (Å²) in [6.07, 6.45) is 51.5. The molecule has 0 bridgehead atoms. The van der Waals surface area contributed by atoms with Crippen LogP contribution >= 0.6 is 7.82 Å². The third kappa shape index (κ3) is 45.0. The smallest absolute Gasteiger partial charge is 0.462 e. The summed E-state index contributed by atoms with van der Waals surface area (Å²) >= 11 is 0. The SMILES string of the molecule is CCCCC/C=C/C/C=C/CCCCCCCCCC(=O)OC[C@H](COP(=O)(O)O)OC(=O)CCCCCCCCCCCCC/C=C/CCCCCCCC. The van der Waals surface area contributed by atoms with Gasteiger partial charge in [0.1, 0.15) is 6.61 Å². The van der Waals surface area contributed by atoms with Crippen LogP contribution in [-0.4, -0.2) is 41.0 Å². The second-order valence-corrected chi connectivity index (χ2v) is 17.0. The van der Waals surface area contributed by atoms with Crippen molar-refractivity contribution >= 4 is 19.8 Å². The molecule has 0 aromatic carbocycles. The van der Waals surface area contributed by atoms with Gasteiger partial charge in [-0.05, 0) is 70.6 Å². The summed E-state index contributed by atoms with van der Waals surface area (Å²) in [5, 5.41) is 0.